The molecule has 0 saturated heterocycles. The number of hydrogen-bond acceptors (Lipinski definition) is 1. The molecule has 0 unspecified atom stereocenters. The van der Waals surface area contributed by atoms with Gasteiger partial charge in [0.2, 0.25) is 0 Å². The van der Waals surface area contributed by atoms with E-state index in [9.17, 15) is 4.79 Å². The van der Waals surface area contributed by atoms with Crippen LogP contribution in [-0.4, -0.2) is 17.6 Å². The topological polar surface area (TPSA) is 41.1 Å². The van der Waals surface area contributed by atoms with E-state index < -0.39 is 0 Å². The highest BCUT2D eigenvalue weighted by atomic mass is 16.2. The molecule has 15 heavy (non-hydrogen) atoms. The number of carbonyl (C=O) groups is 1. The fraction of sp³-hybridized carbons (Fsp3) is 0.917. The maximum absolute atomic E-state index is 11.7. The first-order valence-corrected chi connectivity index (χ1v) is 6.27. The highest BCUT2D eigenvalue weighted by Crippen LogP contribution is 2.28. The maximum Gasteiger partial charge on any atom is 0.315 e. The number of amides is 2. The third kappa shape index (κ3) is 2.86. The Morgan fingerprint density at radius 2 is 1.73 bits per heavy atom. The molecule has 0 heterocycles. The zero-order valence-electron chi connectivity index (χ0n) is 9.64. The molecule has 0 spiro atoms. The van der Waals surface area contributed by atoms with E-state index in [0.29, 0.717) is 6.04 Å². The Kier molecular flexibility index (Phi) is 3.17. The molecule has 0 bridgehead atoms. The summed E-state index contributed by atoms with van der Waals surface area (Å²) in [7, 11) is 0. The lowest BCUT2D eigenvalue weighted by atomic mass is 10.0. The minimum atomic E-state index is 0.0475. The van der Waals surface area contributed by atoms with Gasteiger partial charge in [-0.3, -0.25) is 0 Å². The Hall–Kier alpha value is -0.730. The Morgan fingerprint density at radius 3 is 2.33 bits per heavy atom. The molecular weight excluding hydrogens is 188 g/mol. The van der Waals surface area contributed by atoms with Crippen molar-refractivity contribution in [3.05, 3.63) is 0 Å². The van der Waals surface area contributed by atoms with Gasteiger partial charge in [-0.05, 0) is 32.6 Å². The molecule has 2 saturated carbocycles. The molecule has 0 aromatic rings. The summed E-state index contributed by atoms with van der Waals surface area (Å²) in [5, 5.41) is 6.21. The Bertz CT molecular complexity index is 228. The lowest BCUT2D eigenvalue weighted by Crippen LogP contribution is -2.50. The molecule has 0 aromatic heterocycles. The van der Waals surface area contributed by atoms with Gasteiger partial charge >= 0.3 is 6.03 Å². The summed E-state index contributed by atoms with van der Waals surface area (Å²) in [4.78, 5) is 11.7. The Labute approximate surface area is 92.0 Å². The van der Waals surface area contributed by atoms with E-state index in [2.05, 4.69) is 17.6 Å². The summed E-state index contributed by atoms with van der Waals surface area (Å²) in [6.07, 6.45) is 9.61. The molecule has 0 radical (unpaired) electrons. The second-order valence-corrected chi connectivity index (χ2v) is 5.35. The van der Waals surface area contributed by atoms with Crippen molar-refractivity contribution in [2.75, 3.05) is 0 Å². The molecule has 3 heteroatoms. The minimum Gasteiger partial charge on any atom is -0.335 e. The fourth-order valence-corrected chi connectivity index (χ4v) is 2.85. The van der Waals surface area contributed by atoms with Gasteiger partial charge in [-0.25, -0.2) is 4.79 Å². The van der Waals surface area contributed by atoms with E-state index in [1.165, 1.54) is 25.7 Å². The molecule has 0 atom stereocenters. The molecule has 0 aromatic carbocycles. The van der Waals surface area contributed by atoms with Crippen LogP contribution in [0.3, 0.4) is 0 Å². The lowest BCUT2D eigenvalue weighted by Gasteiger charge is -2.26. The quantitative estimate of drug-likeness (QED) is 0.722. The SMILES string of the molecule is CC1(NC(=O)NC2CCCC2)CCCC1. The fourth-order valence-electron chi connectivity index (χ4n) is 2.85. The maximum atomic E-state index is 11.7. The highest BCUT2D eigenvalue weighted by Gasteiger charge is 2.30. The third-order valence-corrected chi connectivity index (χ3v) is 3.81. The summed E-state index contributed by atoms with van der Waals surface area (Å²) in [5.74, 6) is 0. The summed E-state index contributed by atoms with van der Waals surface area (Å²) < 4.78 is 0. The summed E-state index contributed by atoms with van der Waals surface area (Å²) in [6, 6.07) is 0.473. The Morgan fingerprint density at radius 1 is 1.13 bits per heavy atom. The highest BCUT2D eigenvalue weighted by molar-refractivity contribution is 5.75. The van der Waals surface area contributed by atoms with Crippen LogP contribution in [0.1, 0.15) is 58.3 Å². The predicted molar refractivity (Wildman–Crippen MR) is 60.8 cm³/mol. The van der Waals surface area contributed by atoms with Crippen molar-refractivity contribution < 1.29 is 4.79 Å². The smallest absolute Gasteiger partial charge is 0.315 e. The predicted octanol–water partition coefficient (Wildman–Crippen LogP) is 2.56. The van der Waals surface area contributed by atoms with Gasteiger partial charge in [-0.15, -0.1) is 0 Å². The summed E-state index contributed by atoms with van der Waals surface area (Å²) >= 11 is 0. The van der Waals surface area contributed by atoms with Crippen LogP contribution in [0.2, 0.25) is 0 Å². The van der Waals surface area contributed by atoms with Crippen molar-refractivity contribution >= 4 is 6.03 Å². The monoisotopic (exact) mass is 210 g/mol. The van der Waals surface area contributed by atoms with Crippen LogP contribution >= 0.6 is 0 Å². The molecule has 3 nitrogen and oxygen atoms in total. The van der Waals surface area contributed by atoms with Crippen molar-refractivity contribution in [2.45, 2.75) is 69.9 Å². The number of rotatable bonds is 2. The van der Waals surface area contributed by atoms with E-state index >= 15 is 0 Å². The average molecular weight is 210 g/mol. The van der Waals surface area contributed by atoms with Crippen molar-refractivity contribution in [3.63, 3.8) is 0 Å². The second kappa shape index (κ2) is 4.42. The zero-order chi connectivity index (χ0) is 10.7. The van der Waals surface area contributed by atoms with E-state index in [1.807, 2.05) is 0 Å². The molecule has 2 amide bonds. The van der Waals surface area contributed by atoms with Crippen LogP contribution in [0, 0.1) is 0 Å². The molecule has 2 N–H and O–H groups in total. The van der Waals surface area contributed by atoms with Crippen molar-refractivity contribution in [2.24, 2.45) is 0 Å². The molecule has 2 rings (SSSR count). The van der Waals surface area contributed by atoms with Crippen LogP contribution in [0.25, 0.3) is 0 Å². The van der Waals surface area contributed by atoms with E-state index in [1.54, 1.807) is 0 Å². The van der Waals surface area contributed by atoms with Crippen LogP contribution in [-0.2, 0) is 0 Å². The minimum absolute atomic E-state index is 0.0475. The zero-order valence-corrected chi connectivity index (χ0v) is 9.64. The van der Waals surface area contributed by atoms with Gasteiger partial charge in [-0.2, -0.15) is 0 Å². The van der Waals surface area contributed by atoms with Crippen LogP contribution in [0.15, 0.2) is 0 Å². The van der Waals surface area contributed by atoms with Gasteiger partial charge in [0.25, 0.3) is 0 Å². The average Bonchev–Trinajstić information content (AvgIpc) is 2.76. The van der Waals surface area contributed by atoms with Crippen LogP contribution < -0.4 is 10.6 Å². The molecule has 0 aliphatic heterocycles. The standard InChI is InChI=1S/C12H22N2O/c1-12(8-4-5-9-12)14-11(15)13-10-6-2-3-7-10/h10H,2-9H2,1H3,(H2,13,14,15). The molecule has 2 fully saturated rings. The molecular formula is C12H22N2O. The third-order valence-electron chi connectivity index (χ3n) is 3.81. The number of nitrogens with one attached hydrogen (secondary N) is 2. The first-order valence-electron chi connectivity index (χ1n) is 6.27. The van der Waals surface area contributed by atoms with Crippen molar-refractivity contribution in [1.82, 2.24) is 10.6 Å². The largest absolute Gasteiger partial charge is 0.335 e. The molecule has 2 aliphatic carbocycles. The van der Waals surface area contributed by atoms with E-state index in [4.69, 9.17) is 0 Å². The van der Waals surface area contributed by atoms with E-state index in [-0.39, 0.29) is 11.6 Å². The van der Waals surface area contributed by atoms with Gasteiger partial charge in [0.05, 0.1) is 0 Å². The van der Waals surface area contributed by atoms with Crippen LogP contribution in [0.4, 0.5) is 4.79 Å². The first kappa shape index (κ1) is 10.8. The summed E-state index contributed by atoms with van der Waals surface area (Å²) in [6.45, 7) is 2.16. The molecule has 86 valence electrons. The van der Waals surface area contributed by atoms with Gasteiger partial charge < -0.3 is 10.6 Å². The second-order valence-electron chi connectivity index (χ2n) is 5.35. The van der Waals surface area contributed by atoms with Gasteiger partial charge in [0, 0.05) is 11.6 Å². The van der Waals surface area contributed by atoms with Crippen molar-refractivity contribution in [1.29, 1.82) is 0 Å². The van der Waals surface area contributed by atoms with Gasteiger partial charge in [0.15, 0.2) is 0 Å². The first-order chi connectivity index (χ1) is 7.18. The lowest BCUT2D eigenvalue weighted by molar-refractivity contribution is 0.224. The van der Waals surface area contributed by atoms with Gasteiger partial charge in [0.1, 0.15) is 0 Å². The number of urea groups is 1. The molecule has 2 aliphatic rings. The normalized spacial score (nSPS) is 25.4. The number of carbonyl (C=O) groups excluding carboxylic acids is 1. The van der Waals surface area contributed by atoms with Crippen molar-refractivity contribution in [3.8, 4) is 0 Å². The van der Waals surface area contributed by atoms with Gasteiger partial charge in [-0.1, -0.05) is 25.7 Å². The Balaban J connectivity index is 1.76. The number of hydrogen-bond donors (Lipinski definition) is 2. The summed E-state index contributed by atoms with van der Waals surface area (Å²) in [5.41, 5.74) is 0.0582. The van der Waals surface area contributed by atoms with E-state index in [0.717, 1.165) is 25.7 Å². The van der Waals surface area contributed by atoms with Crippen LogP contribution in [0.5, 0.6) is 0 Å².